The summed E-state index contributed by atoms with van der Waals surface area (Å²) in [6.45, 7) is 9.02. The van der Waals surface area contributed by atoms with Crippen LogP contribution >= 0.6 is 23.2 Å². The molecule has 9 heteroatoms. The second kappa shape index (κ2) is 10.3. The van der Waals surface area contributed by atoms with E-state index in [9.17, 15) is 9.59 Å². The summed E-state index contributed by atoms with van der Waals surface area (Å²) in [6.07, 6.45) is 1.63. The Kier molecular flexibility index (Phi) is 7.77. The molecule has 1 saturated heterocycles. The third-order valence-electron chi connectivity index (χ3n) is 5.00. The second-order valence-electron chi connectivity index (χ2n) is 6.92. The van der Waals surface area contributed by atoms with Crippen molar-refractivity contribution in [1.29, 1.82) is 0 Å². The molecule has 0 aromatic heterocycles. The number of nitrogens with zero attached hydrogens (tertiary/aromatic N) is 2. The average molecular weight is 454 g/mol. The Morgan fingerprint density at radius 1 is 1.33 bits per heavy atom. The number of urea groups is 1. The van der Waals surface area contributed by atoms with E-state index in [1.54, 1.807) is 31.2 Å². The van der Waals surface area contributed by atoms with Crippen molar-refractivity contribution in [1.82, 2.24) is 15.1 Å². The third kappa shape index (κ3) is 4.98. The van der Waals surface area contributed by atoms with E-state index in [1.807, 2.05) is 0 Å². The lowest BCUT2D eigenvalue weighted by Gasteiger charge is -2.39. The lowest BCUT2D eigenvalue weighted by molar-refractivity contribution is -0.139. The fourth-order valence-corrected chi connectivity index (χ4v) is 3.86. The van der Waals surface area contributed by atoms with Gasteiger partial charge in [-0.05, 0) is 24.6 Å². The topological polar surface area (TPSA) is 71.1 Å². The van der Waals surface area contributed by atoms with E-state index in [1.165, 1.54) is 4.90 Å². The SMILES string of the molecule is C=CCN1C(=O)N[C@H](c2ccc(Cl)c(Cl)c2)C(C(=O)OCC)=C1CN1CCOCC1. The normalized spacial score (nSPS) is 20.2. The highest BCUT2D eigenvalue weighted by molar-refractivity contribution is 6.42. The number of carbonyl (C=O) groups is 2. The van der Waals surface area contributed by atoms with Gasteiger partial charge in [0, 0.05) is 31.9 Å². The van der Waals surface area contributed by atoms with Crippen LogP contribution < -0.4 is 5.32 Å². The van der Waals surface area contributed by atoms with Crippen LogP contribution in [-0.4, -0.2) is 67.8 Å². The van der Waals surface area contributed by atoms with E-state index in [0.717, 1.165) is 0 Å². The van der Waals surface area contributed by atoms with Gasteiger partial charge in [0.25, 0.3) is 0 Å². The Labute approximate surface area is 186 Å². The van der Waals surface area contributed by atoms with Crippen molar-refractivity contribution >= 4 is 35.2 Å². The Hall–Kier alpha value is -2.06. The first-order chi connectivity index (χ1) is 14.5. The van der Waals surface area contributed by atoms with Crippen molar-refractivity contribution in [3.63, 3.8) is 0 Å². The minimum atomic E-state index is -0.705. The number of esters is 1. The number of benzene rings is 1. The molecule has 0 unspecified atom stereocenters. The van der Waals surface area contributed by atoms with Crippen molar-refractivity contribution in [3.05, 3.63) is 57.7 Å². The van der Waals surface area contributed by atoms with Crippen molar-refractivity contribution in [3.8, 4) is 0 Å². The third-order valence-corrected chi connectivity index (χ3v) is 5.74. The number of carbonyl (C=O) groups excluding carboxylic acids is 2. The van der Waals surface area contributed by atoms with Gasteiger partial charge < -0.3 is 14.8 Å². The minimum Gasteiger partial charge on any atom is -0.463 e. The maximum atomic E-state index is 13.1. The molecule has 1 atom stereocenters. The van der Waals surface area contributed by atoms with Gasteiger partial charge in [0.2, 0.25) is 0 Å². The van der Waals surface area contributed by atoms with E-state index in [2.05, 4.69) is 16.8 Å². The van der Waals surface area contributed by atoms with Crippen LogP contribution in [0.3, 0.4) is 0 Å². The molecule has 7 nitrogen and oxygen atoms in total. The monoisotopic (exact) mass is 453 g/mol. The average Bonchev–Trinajstić information content (AvgIpc) is 2.73. The summed E-state index contributed by atoms with van der Waals surface area (Å²) in [4.78, 5) is 29.7. The molecule has 1 aromatic carbocycles. The van der Waals surface area contributed by atoms with Crippen molar-refractivity contribution in [2.75, 3.05) is 46.0 Å². The van der Waals surface area contributed by atoms with Gasteiger partial charge in [-0.15, -0.1) is 6.58 Å². The summed E-state index contributed by atoms with van der Waals surface area (Å²) < 4.78 is 10.8. The van der Waals surface area contributed by atoms with E-state index < -0.39 is 12.0 Å². The lowest BCUT2D eigenvalue weighted by atomic mass is 9.94. The van der Waals surface area contributed by atoms with E-state index in [0.29, 0.717) is 59.7 Å². The van der Waals surface area contributed by atoms with Gasteiger partial charge in [0.15, 0.2) is 0 Å². The first-order valence-electron chi connectivity index (χ1n) is 9.80. The standard InChI is InChI=1S/C21H25Cl2N3O4/c1-3-7-26-17(13-25-8-10-29-11-9-25)18(20(27)30-4-2)19(24-21(26)28)14-5-6-15(22)16(23)12-14/h3,5-6,12,19H,1,4,7-11,13H2,2H3,(H,24,28)/t19-/m1/s1. The molecule has 0 spiro atoms. The van der Waals surface area contributed by atoms with Gasteiger partial charge in [0.1, 0.15) is 0 Å². The summed E-state index contributed by atoms with van der Waals surface area (Å²) in [5.41, 5.74) is 1.62. The predicted molar refractivity (Wildman–Crippen MR) is 116 cm³/mol. The van der Waals surface area contributed by atoms with Gasteiger partial charge in [-0.2, -0.15) is 0 Å². The summed E-state index contributed by atoms with van der Waals surface area (Å²) >= 11 is 12.3. The molecule has 0 radical (unpaired) electrons. The number of ether oxygens (including phenoxy) is 2. The van der Waals surface area contributed by atoms with Crippen molar-refractivity contribution in [2.24, 2.45) is 0 Å². The van der Waals surface area contributed by atoms with Crippen LogP contribution in [0.1, 0.15) is 18.5 Å². The molecule has 0 aliphatic carbocycles. The largest absolute Gasteiger partial charge is 0.463 e. The molecular weight excluding hydrogens is 429 g/mol. The van der Waals surface area contributed by atoms with Crippen LogP contribution in [-0.2, 0) is 14.3 Å². The van der Waals surface area contributed by atoms with Crippen LogP contribution in [0.5, 0.6) is 0 Å². The first kappa shape index (κ1) is 22.6. The van der Waals surface area contributed by atoms with Gasteiger partial charge in [-0.1, -0.05) is 35.3 Å². The molecule has 1 N–H and O–H groups in total. The number of hydrogen-bond donors (Lipinski definition) is 1. The number of halogens is 2. The van der Waals surface area contributed by atoms with Crippen LogP contribution in [0.25, 0.3) is 0 Å². The molecule has 30 heavy (non-hydrogen) atoms. The number of hydrogen-bond acceptors (Lipinski definition) is 5. The highest BCUT2D eigenvalue weighted by atomic mass is 35.5. The molecule has 2 aliphatic heterocycles. The molecule has 0 saturated carbocycles. The number of rotatable bonds is 7. The van der Waals surface area contributed by atoms with E-state index in [-0.39, 0.29) is 19.2 Å². The molecule has 2 amide bonds. The Balaban J connectivity index is 2.11. The second-order valence-corrected chi connectivity index (χ2v) is 7.74. The van der Waals surface area contributed by atoms with Gasteiger partial charge in [0.05, 0.1) is 41.5 Å². The smallest absolute Gasteiger partial charge is 0.338 e. The van der Waals surface area contributed by atoms with Crippen LogP contribution in [0.4, 0.5) is 4.79 Å². The van der Waals surface area contributed by atoms with Crippen molar-refractivity contribution < 1.29 is 19.1 Å². The molecule has 1 fully saturated rings. The molecule has 2 aliphatic rings. The van der Waals surface area contributed by atoms with Gasteiger partial charge in [-0.3, -0.25) is 9.80 Å². The maximum Gasteiger partial charge on any atom is 0.338 e. The van der Waals surface area contributed by atoms with Crippen LogP contribution in [0.15, 0.2) is 42.1 Å². The van der Waals surface area contributed by atoms with Crippen molar-refractivity contribution in [2.45, 2.75) is 13.0 Å². The number of amides is 2. The summed E-state index contributed by atoms with van der Waals surface area (Å²) in [6, 6.07) is 4.02. The number of morpholine rings is 1. The van der Waals surface area contributed by atoms with E-state index in [4.69, 9.17) is 32.7 Å². The highest BCUT2D eigenvalue weighted by Crippen LogP contribution is 2.34. The van der Waals surface area contributed by atoms with Gasteiger partial charge >= 0.3 is 12.0 Å². The molecule has 1 aromatic rings. The molecule has 162 valence electrons. The van der Waals surface area contributed by atoms with Gasteiger partial charge in [-0.25, -0.2) is 9.59 Å². The highest BCUT2D eigenvalue weighted by Gasteiger charge is 2.38. The molecular formula is C21H25Cl2N3O4. The fourth-order valence-electron chi connectivity index (χ4n) is 3.56. The zero-order chi connectivity index (χ0) is 21.7. The Morgan fingerprint density at radius 2 is 2.07 bits per heavy atom. The zero-order valence-corrected chi connectivity index (χ0v) is 18.3. The maximum absolute atomic E-state index is 13.1. The van der Waals surface area contributed by atoms with Crippen LogP contribution in [0, 0.1) is 0 Å². The quantitative estimate of drug-likeness (QED) is 0.505. The number of nitrogens with one attached hydrogen (secondary N) is 1. The summed E-state index contributed by atoms with van der Waals surface area (Å²) in [5, 5.41) is 3.64. The molecule has 2 heterocycles. The Morgan fingerprint density at radius 3 is 2.70 bits per heavy atom. The van der Waals surface area contributed by atoms with Crippen LogP contribution in [0.2, 0.25) is 10.0 Å². The minimum absolute atomic E-state index is 0.219. The zero-order valence-electron chi connectivity index (χ0n) is 16.8. The predicted octanol–water partition coefficient (Wildman–Crippen LogP) is 3.40. The summed E-state index contributed by atoms with van der Waals surface area (Å²) in [5.74, 6) is -0.481. The molecule has 3 rings (SSSR count). The van der Waals surface area contributed by atoms with E-state index >= 15 is 0 Å². The fraction of sp³-hybridized carbons (Fsp3) is 0.429. The molecule has 0 bridgehead atoms. The summed E-state index contributed by atoms with van der Waals surface area (Å²) in [7, 11) is 0. The lowest BCUT2D eigenvalue weighted by Crippen LogP contribution is -2.51. The Bertz CT molecular complexity index is 853. The first-order valence-corrected chi connectivity index (χ1v) is 10.6.